The van der Waals surface area contributed by atoms with E-state index in [0.29, 0.717) is 0 Å². The maximum absolute atomic E-state index is 8.52. The predicted octanol–water partition coefficient (Wildman–Crippen LogP) is -7.33. The normalized spacial score (nSPS) is 8.29. The number of hydrogen-bond donors (Lipinski definition) is 0. The standard InChI is InChI=1S/2I.H2O4S/c;;1-5(2,3)4/h;;(H2,1,2,3,4)/q2*+1;/p-2. The maximum Gasteiger partial charge on any atom is 1.00 e. The lowest BCUT2D eigenvalue weighted by atomic mass is 15.8. The van der Waals surface area contributed by atoms with Crippen molar-refractivity contribution in [3.63, 3.8) is 0 Å². The zero-order valence-electron chi connectivity index (χ0n) is 2.80. The molecule has 0 bridgehead atoms. The molecule has 0 saturated heterocycles. The van der Waals surface area contributed by atoms with E-state index in [-0.39, 0.29) is 48.0 Å². The van der Waals surface area contributed by atoms with Gasteiger partial charge in [0.1, 0.15) is 0 Å². The maximum atomic E-state index is 8.52. The topological polar surface area (TPSA) is 80.3 Å². The molecule has 0 N–H and O–H groups in total. The molecule has 0 atom stereocenters. The third kappa shape index (κ3) is 118. The molecule has 0 fully saturated rings. The first kappa shape index (κ1) is 15.8. The van der Waals surface area contributed by atoms with E-state index >= 15 is 0 Å². The van der Waals surface area contributed by atoms with Crippen LogP contribution in [0, 0.1) is 0 Å². The first-order valence-electron chi connectivity index (χ1n) is 0.667. The lowest BCUT2D eigenvalue weighted by Gasteiger charge is -2.06. The van der Waals surface area contributed by atoms with Crippen molar-refractivity contribution < 1.29 is 65.5 Å². The first-order valence-corrected chi connectivity index (χ1v) is 2.00. The third-order valence-electron chi connectivity index (χ3n) is 0. The Labute approximate surface area is 75.3 Å². The van der Waals surface area contributed by atoms with Crippen LogP contribution >= 0.6 is 0 Å². The van der Waals surface area contributed by atoms with E-state index in [1.807, 2.05) is 0 Å². The highest BCUT2D eigenvalue weighted by molar-refractivity contribution is 7.79. The van der Waals surface area contributed by atoms with Crippen molar-refractivity contribution in [2.45, 2.75) is 0 Å². The summed E-state index contributed by atoms with van der Waals surface area (Å²) in [5, 5.41) is 0. The molecule has 0 aliphatic rings. The van der Waals surface area contributed by atoms with Crippen molar-refractivity contribution in [2.24, 2.45) is 0 Å². The highest BCUT2D eigenvalue weighted by Gasteiger charge is 1.49. The fraction of sp³-hybridized carbons (Fsp3) is 0. The molecule has 0 heterocycles. The van der Waals surface area contributed by atoms with Crippen molar-refractivity contribution in [3.05, 3.63) is 0 Å². The van der Waals surface area contributed by atoms with Gasteiger partial charge in [-0.3, -0.25) is 8.42 Å². The molecule has 0 aromatic heterocycles. The number of rotatable bonds is 0. The van der Waals surface area contributed by atoms with Gasteiger partial charge in [-0.15, -0.1) is 0 Å². The van der Waals surface area contributed by atoms with E-state index in [9.17, 15) is 0 Å². The minimum atomic E-state index is -5.17. The Balaban J connectivity index is -0.0000000800. The number of hydrogen-bond acceptors (Lipinski definition) is 4. The van der Waals surface area contributed by atoms with Gasteiger partial charge in [0.05, 0.1) is 0 Å². The fourth-order valence-electron chi connectivity index (χ4n) is 0. The molecule has 0 spiro atoms. The van der Waals surface area contributed by atoms with Crippen LogP contribution in [0.2, 0.25) is 0 Å². The molecule has 0 saturated carbocycles. The van der Waals surface area contributed by atoms with E-state index in [1.165, 1.54) is 0 Å². The second-order valence-corrected chi connectivity index (χ2v) is 1.22. The molecule has 0 aromatic rings. The average molecular weight is 350 g/mol. The van der Waals surface area contributed by atoms with Gasteiger partial charge in [0.15, 0.2) is 0 Å². The Bertz CT molecular complexity index is 92.9. The summed E-state index contributed by atoms with van der Waals surface area (Å²) in [7, 11) is -5.17. The Morgan fingerprint density at radius 2 is 1.00 bits per heavy atom. The molecule has 0 aliphatic heterocycles. The smallest absolute Gasteiger partial charge is 0.759 e. The summed E-state index contributed by atoms with van der Waals surface area (Å²) in [5.41, 5.74) is 0. The zero-order chi connectivity index (χ0) is 4.50. The van der Waals surface area contributed by atoms with Crippen molar-refractivity contribution in [1.82, 2.24) is 0 Å². The largest absolute Gasteiger partial charge is 1.00 e. The molecule has 4 nitrogen and oxygen atoms in total. The van der Waals surface area contributed by atoms with Gasteiger partial charge < -0.3 is 9.11 Å². The van der Waals surface area contributed by atoms with Gasteiger partial charge in [0.25, 0.3) is 0 Å². The molecule has 0 unspecified atom stereocenters. The summed E-state index contributed by atoms with van der Waals surface area (Å²) in [6.45, 7) is 0. The van der Waals surface area contributed by atoms with Gasteiger partial charge in [-0.25, -0.2) is 0 Å². The second kappa shape index (κ2) is 5.47. The summed E-state index contributed by atoms with van der Waals surface area (Å²) in [5.74, 6) is 0. The van der Waals surface area contributed by atoms with Crippen LogP contribution in [0.1, 0.15) is 0 Å². The highest BCUT2D eigenvalue weighted by Crippen LogP contribution is 1.57. The molecule has 0 aromatic carbocycles. The van der Waals surface area contributed by atoms with Gasteiger partial charge in [-0.2, -0.15) is 0 Å². The summed E-state index contributed by atoms with van der Waals surface area (Å²) < 4.78 is 34.1. The molecule has 4 radical (unpaired) electrons. The molecule has 7 heavy (non-hydrogen) atoms. The van der Waals surface area contributed by atoms with Gasteiger partial charge >= 0.3 is 48.0 Å². The zero-order valence-corrected chi connectivity index (χ0v) is 7.93. The first-order chi connectivity index (χ1) is 2.00. The van der Waals surface area contributed by atoms with Crippen molar-refractivity contribution in [1.29, 1.82) is 0 Å². The monoisotopic (exact) mass is 350 g/mol. The lowest BCUT2D eigenvalue weighted by molar-refractivity contribution is -0.00100. The van der Waals surface area contributed by atoms with E-state index in [1.54, 1.807) is 0 Å². The quantitative estimate of drug-likeness (QED) is 0.247. The number of halogens is 2. The Morgan fingerprint density at radius 3 is 1.00 bits per heavy atom. The molecular formula is I2O4S. The van der Waals surface area contributed by atoms with Gasteiger partial charge in [-0.1, -0.05) is 0 Å². The van der Waals surface area contributed by atoms with Gasteiger partial charge in [-0.05, 0) is 0 Å². The average Bonchev–Trinajstić information content (AvgIpc) is 0.722. The van der Waals surface area contributed by atoms with Crippen molar-refractivity contribution >= 4 is 10.4 Å². The van der Waals surface area contributed by atoms with E-state index in [0.717, 1.165) is 0 Å². The summed E-state index contributed by atoms with van der Waals surface area (Å²) in [6.07, 6.45) is 0. The summed E-state index contributed by atoms with van der Waals surface area (Å²) in [4.78, 5) is 0. The Hall–Kier alpha value is 1.33. The summed E-state index contributed by atoms with van der Waals surface area (Å²) in [6, 6.07) is 0. The van der Waals surface area contributed by atoms with Crippen LogP contribution in [0.3, 0.4) is 0 Å². The molecule has 7 heteroatoms. The Kier molecular flexibility index (Phi) is 12.3. The van der Waals surface area contributed by atoms with Gasteiger partial charge in [0.2, 0.25) is 0 Å². The van der Waals surface area contributed by atoms with Crippen molar-refractivity contribution in [3.8, 4) is 0 Å². The second-order valence-electron chi connectivity index (χ2n) is 0.408. The predicted molar refractivity (Wildman–Crippen MR) is 10.5 cm³/mol. The van der Waals surface area contributed by atoms with Gasteiger partial charge in [0, 0.05) is 10.4 Å². The summed E-state index contributed by atoms with van der Waals surface area (Å²) >= 11 is 0. The third-order valence-corrected chi connectivity index (χ3v) is 0. The molecule has 0 amide bonds. The van der Waals surface area contributed by atoms with E-state index in [4.69, 9.17) is 17.5 Å². The van der Waals surface area contributed by atoms with Crippen LogP contribution in [0.15, 0.2) is 0 Å². The van der Waals surface area contributed by atoms with Crippen LogP contribution in [0.4, 0.5) is 0 Å². The minimum Gasteiger partial charge on any atom is -0.759 e. The van der Waals surface area contributed by atoms with Crippen molar-refractivity contribution in [2.75, 3.05) is 0 Å². The van der Waals surface area contributed by atoms with E-state index in [2.05, 4.69) is 0 Å². The molecule has 0 aliphatic carbocycles. The van der Waals surface area contributed by atoms with Crippen LogP contribution in [-0.2, 0) is 10.4 Å². The van der Waals surface area contributed by atoms with Crippen LogP contribution in [0.5, 0.6) is 0 Å². The minimum absolute atomic E-state index is 0. The van der Waals surface area contributed by atoms with Crippen LogP contribution in [-0.4, -0.2) is 17.5 Å². The molecule has 44 valence electrons. The van der Waals surface area contributed by atoms with Crippen LogP contribution in [0.25, 0.3) is 0 Å². The van der Waals surface area contributed by atoms with E-state index < -0.39 is 10.4 Å². The lowest BCUT2D eigenvalue weighted by Crippen LogP contribution is -3.00. The molecule has 0 rings (SSSR count). The van der Waals surface area contributed by atoms with Crippen LogP contribution < -0.4 is 48.0 Å². The highest BCUT2D eigenvalue weighted by atomic mass is 127. The molecular weight excluding hydrogens is 350 g/mol. The SMILES string of the molecule is O=S(=O)([O-])[O-].[I+].[I+]. The Morgan fingerprint density at radius 1 is 1.00 bits per heavy atom. The fourth-order valence-corrected chi connectivity index (χ4v) is 0.